The number of halogens is 6. The van der Waals surface area contributed by atoms with Crippen LogP contribution in [-0.2, 0) is 12.4 Å². The zero-order valence-electron chi connectivity index (χ0n) is 23.4. The SMILES string of the molecule is FC(F)(F)c1cc(NC(=S)N[C@@H]2CCCC[C@H]2N=P(c2ccccc2)(c2ccccc2)c2ccccc2)cc(C(F)(F)F)c1. The molecule has 0 bridgehead atoms. The molecule has 5 rings (SSSR count). The van der Waals surface area contributed by atoms with Gasteiger partial charge in [0.15, 0.2) is 5.11 Å². The number of nitrogens with one attached hydrogen (secondary N) is 2. The van der Waals surface area contributed by atoms with Gasteiger partial charge in [0.2, 0.25) is 0 Å². The van der Waals surface area contributed by atoms with Crippen molar-refractivity contribution in [3.05, 3.63) is 120 Å². The van der Waals surface area contributed by atoms with Crippen molar-refractivity contribution in [2.75, 3.05) is 5.32 Å². The van der Waals surface area contributed by atoms with Crippen LogP contribution in [0.3, 0.4) is 0 Å². The summed E-state index contributed by atoms with van der Waals surface area (Å²) in [6.45, 7) is 0. The molecule has 1 aliphatic rings. The Kier molecular flexibility index (Phi) is 9.51. The molecule has 4 aromatic carbocycles. The molecule has 2 atom stereocenters. The number of rotatable bonds is 6. The molecule has 0 radical (unpaired) electrons. The van der Waals surface area contributed by atoms with Crippen molar-refractivity contribution in [2.24, 2.45) is 4.74 Å². The van der Waals surface area contributed by atoms with Crippen molar-refractivity contribution < 1.29 is 26.3 Å². The van der Waals surface area contributed by atoms with Gasteiger partial charge in [0.1, 0.15) is 0 Å². The minimum absolute atomic E-state index is 0.0624. The molecule has 1 fully saturated rings. The Balaban J connectivity index is 1.53. The molecule has 3 nitrogen and oxygen atoms in total. The van der Waals surface area contributed by atoms with Gasteiger partial charge in [-0.2, -0.15) is 26.3 Å². The van der Waals surface area contributed by atoms with E-state index in [2.05, 4.69) is 47.0 Å². The van der Waals surface area contributed by atoms with Gasteiger partial charge in [-0.25, -0.2) is 0 Å². The topological polar surface area (TPSA) is 36.4 Å². The van der Waals surface area contributed by atoms with Gasteiger partial charge in [-0.3, -0.25) is 4.74 Å². The standard InChI is InChI=1S/C33H30F6N3PS/c34-32(35,36)23-20-24(33(37,38)39)22-25(21-23)40-31(44)41-29-18-10-11-19-30(29)42-43(26-12-4-1-5-13-26,27-14-6-2-7-15-27)28-16-8-3-9-17-28/h1-9,12-17,20-22,29-30H,10-11,18-19H2,(H2,40,41,44)/t29-,30-/m1/s1. The zero-order chi connectivity index (χ0) is 31.4. The normalized spacial score (nSPS) is 17.5. The molecule has 44 heavy (non-hydrogen) atoms. The largest absolute Gasteiger partial charge is 0.416 e. The third-order valence-corrected chi connectivity index (χ3v) is 11.6. The number of nitrogens with zero attached hydrogens (tertiary/aromatic N) is 1. The number of hydrogen-bond donors (Lipinski definition) is 2. The zero-order valence-corrected chi connectivity index (χ0v) is 25.2. The fourth-order valence-corrected chi connectivity index (χ4v) is 9.68. The van der Waals surface area contributed by atoms with Crippen LogP contribution in [0.25, 0.3) is 0 Å². The van der Waals surface area contributed by atoms with Gasteiger partial charge in [0.05, 0.1) is 30.3 Å². The average molecular weight is 646 g/mol. The molecule has 0 saturated heterocycles. The quantitative estimate of drug-likeness (QED) is 0.126. The Morgan fingerprint density at radius 3 is 1.52 bits per heavy atom. The lowest BCUT2D eigenvalue weighted by Gasteiger charge is -2.35. The molecular weight excluding hydrogens is 615 g/mol. The predicted octanol–water partition coefficient (Wildman–Crippen LogP) is 8.50. The molecule has 0 spiro atoms. The summed E-state index contributed by atoms with van der Waals surface area (Å²) in [6, 6.07) is 31.2. The van der Waals surface area contributed by atoms with E-state index in [1.165, 1.54) is 0 Å². The fourth-order valence-electron chi connectivity index (χ4n) is 5.58. The highest BCUT2D eigenvalue weighted by Gasteiger charge is 2.37. The highest BCUT2D eigenvalue weighted by atomic mass is 32.1. The first-order chi connectivity index (χ1) is 21.0. The average Bonchev–Trinajstić information content (AvgIpc) is 3.01. The van der Waals surface area contributed by atoms with E-state index in [0.717, 1.165) is 35.2 Å². The molecule has 0 heterocycles. The number of thiocarbonyl (C=S) groups is 1. The molecule has 1 saturated carbocycles. The van der Waals surface area contributed by atoms with Gasteiger partial charge < -0.3 is 10.6 Å². The number of anilines is 1. The number of alkyl halides is 6. The molecule has 230 valence electrons. The summed E-state index contributed by atoms with van der Waals surface area (Å²) in [4.78, 5) is 0. The first kappa shape index (κ1) is 31.8. The Morgan fingerprint density at radius 1 is 0.659 bits per heavy atom. The molecule has 11 heteroatoms. The molecule has 1 aliphatic carbocycles. The van der Waals surface area contributed by atoms with E-state index in [1.54, 1.807) is 0 Å². The molecule has 2 N–H and O–H groups in total. The minimum Gasteiger partial charge on any atom is -0.358 e. The van der Waals surface area contributed by atoms with Crippen molar-refractivity contribution in [3.63, 3.8) is 0 Å². The van der Waals surface area contributed by atoms with E-state index in [9.17, 15) is 26.3 Å². The second-order valence-electron chi connectivity index (χ2n) is 10.6. The van der Waals surface area contributed by atoms with E-state index in [-0.39, 0.29) is 23.3 Å². The summed E-state index contributed by atoms with van der Waals surface area (Å²) < 4.78 is 86.2. The Hall–Kier alpha value is -3.62. The van der Waals surface area contributed by atoms with Gasteiger partial charge in [-0.1, -0.05) is 104 Å². The van der Waals surface area contributed by atoms with Gasteiger partial charge >= 0.3 is 12.4 Å². The van der Waals surface area contributed by atoms with Crippen LogP contribution < -0.4 is 26.5 Å². The second-order valence-corrected chi connectivity index (χ2v) is 14.1. The summed E-state index contributed by atoms with van der Waals surface area (Å²) in [5.41, 5.74) is -3.22. The van der Waals surface area contributed by atoms with Crippen molar-refractivity contribution in [3.8, 4) is 0 Å². The van der Waals surface area contributed by atoms with E-state index in [1.807, 2.05) is 54.6 Å². The molecule has 0 aliphatic heterocycles. The smallest absolute Gasteiger partial charge is 0.358 e. The van der Waals surface area contributed by atoms with Crippen molar-refractivity contribution in [1.29, 1.82) is 0 Å². The summed E-state index contributed by atoms with van der Waals surface area (Å²) >= 11 is 5.45. The number of benzene rings is 4. The Morgan fingerprint density at radius 2 is 1.09 bits per heavy atom. The fraction of sp³-hybridized carbons (Fsp3) is 0.242. The predicted molar refractivity (Wildman–Crippen MR) is 169 cm³/mol. The maximum absolute atomic E-state index is 13.4. The first-order valence-electron chi connectivity index (χ1n) is 14.1. The van der Waals surface area contributed by atoms with Gasteiger partial charge in [-0.05, 0) is 43.3 Å². The van der Waals surface area contributed by atoms with Crippen LogP contribution >= 0.6 is 19.3 Å². The lowest BCUT2D eigenvalue weighted by Crippen LogP contribution is -2.46. The van der Waals surface area contributed by atoms with Gasteiger partial charge in [0.25, 0.3) is 0 Å². The summed E-state index contributed by atoms with van der Waals surface area (Å²) in [6.07, 6.45) is -6.69. The lowest BCUT2D eigenvalue weighted by molar-refractivity contribution is -0.143. The van der Waals surface area contributed by atoms with Crippen LogP contribution in [0.15, 0.2) is 114 Å². The molecule has 4 aromatic rings. The van der Waals surface area contributed by atoms with Crippen LogP contribution in [0, 0.1) is 0 Å². The van der Waals surface area contributed by atoms with Crippen molar-refractivity contribution >= 4 is 46.0 Å². The minimum atomic E-state index is -4.96. The third kappa shape index (κ3) is 7.19. The maximum atomic E-state index is 13.4. The van der Waals surface area contributed by atoms with Crippen LogP contribution in [0.4, 0.5) is 32.0 Å². The van der Waals surface area contributed by atoms with E-state index in [0.29, 0.717) is 18.6 Å². The second kappa shape index (κ2) is 13.2. The monoisotopic (exact) mass is 645 g/mol. The van der Waals surface area contributed by atoms with Crippen LogP contribution in [0.1, 0.15) is 36.8 Å². The van der Waals surface area contributed by atoms with E-state index in [4.69, 9.17) is 17.0 Å². The van der Waals surface area contributed by atoms with Crippen LogP contribution in [0.5, 0.6) is 0 Å². The molecular formula is C33H30F6N3PS. The molecule has 0 aromatic heterocycles. The van der Waals surface area contributed by atoms with E-state index >= 15 is 0 Å². The summed E-state index contributed by atoms with van der Waals surface area (Å²) in [5, 5.41) is 8.94. The van der Waals surface area contributed by atoms with Crippen molar-refractivity contribution in [2.45, 2.75) is 50.1 Å². The third-order valence-electron chi connectivity index (χ3n) is 7.60. The van der Waals surface area contributed by atoms with E-state index < -0.39 is 36.2 Å². The maximum Gasteiger partial charge on any atom is 0.416 e. The Bertz CT molecular complexity index is 1490. The number of hydrogen-bond acceptors (Lipinski definition) is 2. The summed E-state index contributed by atoms with van der Waals surface area (Å²) in [5.74, 6) is 0. The highest BCUT2D eigenvalue weighted by molar-refractivity contribution is 7.87. The van der Waals surface area contributed by atoms with Gasteiger partial charge in [-0.15, -0.1) is 0 Å². The highest BCUT2D eigenvalue weighted by Crippen LogP contribution is 2.48. The van der Waals surface area contributed by atoms with Crippen LogP contribution in [0.2, 0.25) is 0 Å². The Labute approximate surface area is 257 Å². The summed E-state index contributed by atoms with van der Waals surface area (Å²) in [7, 11) is -2.55. The van der Waals surface area contributed by atoms with Gasteiger partial charge in [0, 0.05) is 21.6 Å². The molecule has 0 unspecified atom stereocenters. The molecule has 0 amide bonds. The van der Waals surface area contributed by atoms with Crippen LogP contribution in [-0.4, -0.2) is 17.2 Å². The lowest BCUT2D eigenvalue weighted by atomic mass is 9.91. The van der Waals surface area contributed by atoms with Crippen molar-refractivity contribution in [1.82, 2.24) is 5.32 Å². The first-order valence-corrected chi connectivity index (χ1v) is 16.3.